The van der Waals surface area contributed by atoms with E-state index in [1.807, 2.05) is 0 Å². The van der Waals surface area contributed by atoms with Crippen LogP contribution in [0.1, 0.15) is 55.1 Å². The van der Waals surface area contributed by atoms with E-state index < -0.39 is 0 Å². The molecule has 100 valence electrons. The second-order valence-corrected chi connectivity index (χ2v) is 5.36. The van der Waals surface area contributed by atoms with Crippen LogP contribution in [-0.4, -0.2) is 10.1 Å². The third kappa shape index (κ3) is 2.06. The Balaban J connectivity index is 1.80. The molecule has 3 rings (SSSR count). The lowest BCUT2D eigenvalue weighted by Gasteiger charge is -2.27. The van der Waals surface area contributed by atoms with Crippen LogP contribution >= 0.6 is 0 Å². The average Bonchev–Trinajstić information content (AvgIpc) is 2.87. The topological polar surface area (TPSA) is 64.9 Å². The van der Waals surface area contributed by atoms with Gasteiger partial charge in [-0.05, 0) is 23.5 Å². The second kappa shape index (κ2) is 4.78. The van der Waals surface area contributed by atoms with Gasteiger partial charge in [-0.3, -0.25) is 0 Å². The number of rotatable bonds is 4. The minimum Gasteiger partial charge on any atom is -0.338 e. The van der Waals surface area contributed by atoms with E-state index >= 15 is 0 Å². The Morgan fingerprint density at radius 3 is 2.95 bits per heavy atom. The number of fused-ring (bicyclic) bond motifs is 1. The first kappa shape index (κ1) is 12.4. The highest BCUT2D eigenvalue weighted by molar-refractivity contribution is 5.43. The molecule has 1 aliphatic carbocycles. The normalized spacial score (nSPS) is 20.5. The minimum atomic E-state index is -0.165. The van der Waals surface area contributed by atoms with E-state index in [0.717, 1.165) is 18.7 Å². The Morgan fingerprint density at radius 2 is 2.21 bits per heavy atom. The van der Waals surface area contributed by atoms with Crippen molar-refractivity contribution < 1.29 is 4.52 Å². The number of benzene rings is 1. The molecule has 0 radical (unpaired) electrons. The number of hydrogen-bond donors (Lipinski definition) is 1. The van der Waals surface area contributed by atoms with Crippen molar-refractivity contribution in [3.05, 3.63) is 47.1 Å². The van der Waals surface area contributed by atoms with E-state index in [1.54, 1.807) is 0 Å². The molecule has 4 nitrogen and oxygen atoms in total. The van der Waals surface area contributed by atoms with Crippen molar-refractivity contribution in [3.8, 4) is 0 Å². The predicted octanol–water partition coefficient (Wildman–Crippen LogP) is 2.80. The lowest BCUT2D eigenvalue weighted by molar-refractivity contribution is 0.309. The Kier molecular flexibility index (Phi) is 3.11. The molecule has 2 aromatic rings. The van der Waals surface area contributed by atoms with Crippen LogP contribution in [-0.2, 0) is 6.42 Å². The molecule has 0 bridgehead atoms. The summed E-state index contributed by atoms with van der Waals surface area (Å²) in [6.07, 6.45) is 2.00. The van der Waals surface area contributed by atoms with E-state index in [4.69, 9.17) is 10.3 Å². The highest BCUT2D eigenvalue weighted by Crippen LogP contribution is 2.38. The van der Waals surface area contributed by atoms with Crippen molar-refractivity contribution in [2.24, 2.45) is 11.7 Å². The van der Waals surface area contributed by atoms with Gasteiger partial charge in [0.25, 0.3) is 0 Å². The summed E-state index contributed by atoms with van der Waals surface area (Å²) >= 11 is 0. The van der Waals surface area contributed by atoms with Crippen LogP contribution in [0.3, 0.4) is 0 Å². The maximum Gasteiger partial charge on any atom is 0.243 e. The van der Waals surface area contributed by atoms with E-state index in [2.05, 4.69) is 48.3 Å². The first-order valence-corrected chi connectivity index (χ1v) is 6.87. The van der Waals surface area contributed by atoms with Gasteiger partial charge in [-0.15, -0.1) is 0 Å². The van der Waals surface area contributed by atoms with Gasteiger partial charge in [0.1, 0.15) is 0 Å². The maximum atomic E-state index is 6.12. The van der Waals surface area contributed by atoms with Crippen molar-refractivity contribution in [2.45, 2.75) is 38.6 Å². The van der Waals surface area contributed by atoms with Crippen LogP contribution in [0.25, 0.3) is 0 Å². The summed E-state index contributed by atoms with van der Waals surface area (Å²) in [5.41, 5.74) is 8.81. The highest BCUT2D eigenvalue weighted by Gasteiger charge is 2.32. The zero-order valence-corrected chi connectivity index (χ0v) is 11.3. The fourth-order valence-corrected chi connectivity index (χ4v) is 2.51. The molecule has 0 amide bonds. The number of hydrogen-bond acceptors (Lipinski definition) is 4. The van der Waals surface area contributed by atoms with E-state index in [-0.39, 0.29) is 12.0 Å². The molecule has 2 N–H and O–H groups in total. The highest BCUT2D eigenvalue weighted by atomic mass is 16.5. The number of nitrogens with zero attached hydrogens (tertiary/aromatic N) is 2. The van der Waals surface area contributed by atoms with Crippen LogP contribution in [0, 0.1) is 5.92 Å². The van der Waals surface area contributed by atoms with Crippen LogP contribution in [0.5, 0.6) is 0 Å². The standard InChI is InChI=1S/C15H19N3O/c1-3-9(2)13(16)15-17-14(18-19-15)12-8-10-6-4-5-7-11(10)12/h4-7,9,12-13H,3,8,16H2,1-2H3/t9-,12?,13-/m0/s1. The van der Waals surface area contributed by atoms with Crippen molar-refractivity contribution in [1.82, 2.24) is 10.1 Å². The number of aromatic nitrogens is 2. The second-order valence-electron chi connectivity index (χ2n) is 5.36. The molecular formula is C15H19N3O. The zero-order valence-electron chi connectivity index (χ0n) is 11.3. The largest absolute Gasteiger partial charge is 0.338 e. The van der Waals surface area contributed by atoms with Crippen molar-refractivity contribution >= 4 is 0 Å². The summed E-state index contributed by atoms with van der Waals surface area (Å²) in [6.45, 7) is 4.22. The Hall–Kier alpha value is -1.68. The summed E-state index contributed by atoms with van der Waals surface area (Å²) in [5, 5.41) is 4.11. The maximum absolute atomic E-state index is 6.12. The Bertz CT molecular complexity index is 578. The fraction of sp³-hybridized carbons (Fsp3) is 0.467. The Labute approximate surface area is 113 Å². The van der Waals surface area contributed by atoms with Crippen molar-refractivity contribution in [1.29, 1.82) is 0 Å². The van der Waals surface area contributed by atoms with Gasteiger partial charge in [-0.1, -0.05) is 49.7 Å². The van der Waals surface area contributed by atoms with E-state index in [1.165, 1.54) is 11.1 Å². The monoisotopic (exact) mass is 257 g/mol. The van der Waals surface area contributed by atoms with E-state index in [9.17, 15) is 0 Å². The van der Waals surface area contributed by atoms with Gasteiger partial charge >= 0.3 is 0 Å². The van der Waals surface area contributed by atoms with Crippen LogP contribution in [0.2, 0.25) is 0 Å². The molecule has 1 aromatic carbocycles. The molecule has 1 aliphatic rings. The van der Waals surface area contributed by atoms with Crippen LogP contribution in [0.15, 0.2) is 28.8 Å². The SMILES string of the molecule is CC[C@H](C)[C@H](N)c1nc(C2Cc3ccccc32)no1. The molecule has 0 saturated heterocycles. The molecule has 19 heavy (non-hydrogen) atoms. The third-order valence-electron chi connectivity index (χ3n) is 4.17. The molecule has 0 spiro atoms. The Morgan fingerprint density at radius 1 is 1.42 bits per heavy atom. The molecule has 1 unspecified atom stereocenters. The van der Waals surface area contributed by atoms with E-state index in [0.29, 0.717) is 11.8 Å². The van der Waals surface area contributed by atoms with Gasteiger partial charge in [-0.25, -0.2) is 0 Å². The summed E-state index contributed by atoms with van der Waals surface area (Å²) in [5.74, 6) is 1.96. The summed E-state index contributed by atoms with van der Waals surface area (Å²) < 4.78 is 5.34. The van der Waals surface area contributed by atoms with Gasteiger partial charge in [-0.2, -0.15) is 4.98 Å². The van der Waals surface area contributed by atoms with Gasteiger partial charge in [0.15, 0.2) is 5.82 Å². The quantitative estimate of drug-likeness (QED) is 0.914. The lowest BCUT2D eigenvalue weighted by atomic mass is 9.77. The molecule has 0 saturated carbocycles. The van der Waals surface area contributed by atoms with Gasteiger partial charge in [0.05, 0.1) is 12.0 Å². The molecule has 4 heteroatoms. The molecule has 1 heterocycles. The van der Waals surface area contributed by atoms with Gasteiger partial charge in [0, 0.05) is 0 Å². The molecule has 1 aromatic heterocycles. The number of nitrogens with two attached hydrogens (primary N) is 1. The minimum absolute atomic E-state index is 0.165. The average molecular weight is 257 g/mol. The van der Waals surface area contributed by atoms with Crippen molar-refractivity contribution in [2.75, 3.05) is 0 Å². The molecule has 0 fully saturated rings. The third-order valence-corrected chi connectivity index (χ3v) is 4.17. The smallest absolute Gasteiger partial charge is 0.243 e. The summed E-state index contributed by atoms with van der Waals surface area (Å²) in [4.78, 5) is 4.50. The van der Waals surface area contributed by atoms with Gasteiger partial charge in [0.2, 0.25) is 5.89 Å². The molecule has 0 aliphatic heterocycles. The molecule has 3 atom stereocenters. The van der Waals surface area contributed by atoms with Crippen LogP contribution < -0.4 is 5.73 Å². The summed E-state index contributed by atoms with van der Waals surface area (Å²) in [6, 6.07) is 8.24. The van der Waals surface area contributed by atoms with Crippen LogP contribution in [0.4, 0.5) is 0 Å². The lowest BCUT2D eigenvalue weighted by Crippen LogP contribution is -2.21. The fourth-order valence-electron chi connectivity index (χ4n) is 2.51. The first-order chi connectivity index (χ1) is 9.20. The zero-order chi connectivity index (χ0) is 13.4. The van der Waals surface area contributed by atoms with Crippen molar-refractivity contribution in [3.63, 3.8) is 0 Å². The molecular weight excluding hydrogens is 238 g/mol. The predicted molar refractivity (Wildman–Crippen MR) is 72.7 cm³/mol. The van der Waals surface area contributed by atoms with Gasteiger partial charge < -0.3 is 10.3 Å². The first-order valence-electron chi connectivity index (χ1n) is 6.87. The summed E-state index contributed by atoms with van der Waals surface area (Å²) in [7, 11) is 0.